The van der Waals surface area contributed by atoms with Gasteiger partial charge in [-0.15, -0.1) is 0 Å². The first kappa shape index (κ1) is 15.7. The van der Waals surface area contributed by atoms with Gasteiger partial charge in [0.25, 0.3) is 0 Å². The molecular weight excluding hydrogens is 264 g/mol. The van der Waals surface area contributed by atoms with Gasteiger partial charge in [0.2, 0.25) is 5.91 Å². The lowest BCUT2D eigenvalue weighted by Gasteiger charge is -2.32. The van der Waals surface area contributed by atoms with Crippen LogP contribution < -0.4 is 10.1 Å². The second kappa shape index (κ2) is 7.34. The predicted octanol–water partition coefficient (Wildman–Crippen LogP) is 3.29. The Morgan fingerprint density at radius 3 is 2.76 bits per heavy atom. The van der Waals surface area contributed by atoms with Gasteiger partial charge in [-0.1, -0.05) is 13.0 Å². The number of hydrogen-bond donors (Lipinski definition) is 1. The van der Waals surface area contributed by atoms with Crippen LogP contribution >= 0.6 is 0 Å². The highest BCUT2D eigenvalue weighted by molar-refractivity contribution is 5.73. The first-order valence-corrected chi connectivity index (χ1v) is 7.87. The lowest BCUT2D eigenvalue weighted by atomic mass is 10.0. The number of nitrogens with one attached hydrogen (secondary N) is 1. The fraction of sp³-hybridized carbons (Fsp3) is 0.588. The van der Waals surface area contributed by atoms with Gasteiger partial charge < -0.3 is 15.0 Å². The van der Waals surface area contributed by atoms with E-state index >= 15 is 0 Å². The van der Waals surface area contributed by atoms with Crippen LogP contribution in [0.2, 0.25) is 0 Å². The van der Waals surface area contributed by atoms with Gasteiger partial charge in [-0.25, -0.2) is 0 Å². The molecule has 1 aliphatic heterocycles. The van der Waals surface area contributed by atoms with Crippen LogP contribution in [-0.4, -0.2) is 36.0 Å². The molecule has 1 fully saturated rings. The Hall–Kier alpha value is -1.71. The van der Waals surface area contributed by atoms with Crippen molar-refractivity contribution in [2.24, 2.45) is 0 Å². The number of carbonyl (C=O) groups is 1. The van der Waals surface area contributed by atoms with Crippen molar-refractivity contribution in [3.8, 4) is 5.75 Å². The summed E-state index contributed by atoms with van der Waals surface area (Å²) >= 11 is 0. The second-order valence-electron chi connectivity index (χ2n) is 5.79. The van der Waals surface area contributed by atoms with Crippen molar-refractivity contribution in [1.82, 2.24) is 4.90 Å². The van der Waals surface area contributed by atoms with Crippen LogP contribution in [0.25, 0.3) is 0 Å². The number of hydrogen-bond acceptors (Lipinski definition) is 3. The molecule has 4 nitrogen and oxygen atoms in total. The molecule has 1 heterocycles. The zero-order valence-electron chi connectivity index (χ0n) is 13.3. The fourth-order valence-corrected chi connectivity index (χ4v) is 2.55. The Kier molecular flexibility index (Phi) is 5.48. The van der Waals surface area contributed by atoms with E-state index in [4.69, 9.17) is 4.74 Å². The van der Waals surface area contributed by atoms with Crippen LogP contribution in [0.1, 0.15) is 40.0 Å². The monoisotopic (exact) mass is 290 g/mol. The van der Waals surface area contributed by atoms with E-state index in [0.717, 1.165) is 43.8 Å². The summed E-state index contributed by atoms with van der Waals surface area (Å²) in [4.78, 5) is 13.2. The molecule has 0 aliphatic carbocycles. The molecule has 0 aromatic heterocycles. The van der Waals surface area contributed by atoms with E-state index in [0.29, 0.717) is 6.04 Å². The van der Waals surface area contributed by atoms with Crippen LogP contribution in [0.4, 0.5) is 5.69 Å². The van der Waals surface area contributed by atoms with E-state index in [9.17, 15) is 4.79 Å². The van der Waals surface area contributed by atoms with Crippen LogP contribution in [-0.2, 0) is 4.79 Å². The average Bonchev–Trinajstić information content (AvgIpc) is 2.48. The number of amides is 1. The van der Waals surface area contributed by atoms with Gasteiger partial charge >= 0.3 is 0 Å². The molecule has 21 heavy (non-hydrogen) atoms. The van der Waals surface area contributed by atoms with Gasteiger partial charge in [-0.3, -0.25) is 4.79 Å². The maximum Gasteiger partial charge on any atom is 0.219 e. The number of likely N-dealkylation sites (tertiary alicyclic amines) is 1. The van der Waals surface area contributed by atoms with Crippen molar-refractivity contribution in [3.05, 3.63) is 24.3 Å². The van der Waals surface area contributed by atoms with E-state index in [2.05, 4.69) is 31.3 Å². The van der Waals surface area contributed by atoms with Crippen LogP contribution in [0.15, 0.2) is 24.3 Å². The third-order valence-corrected chi connectivity index (χ3v) is 4.06. The van der Waals surface area contributed by atoms with Crippen LogP contribution in [0, 0.1) is 0 Å². The van der Waals surface area contributed by atoms with Crippen molar-refractivity contribution in [3.63, 3.8) is 0 Å². The first-order chi connectivity index (χ1) is 10.1. The molecule has 1 aliphatic rings. The normalized spacial score (nSPS) is 17.4. The standard InChI is InChI=1S/C17H26N2O2/c1-4-13(2)21-17-7-5-6-16(12-17)18-15-8-10-19(11-9-15)14(3)20/h5-7,12-13,15,18H,4,8-11H2,1-3H3. The molecule has 1 unspecified atom stereocenters. The SMILES string of the molecule is CCC(C)Oc1cccc(NC2CCN(C(C)=O)CC2)c1. The van der Waals surface area contributed by atoms with Crippen LogP contribution in [0.5, 0.6) is 5.75 Å². The highest BCUT2D eigenvalue weighted by atomic mass is 16.5. The zero-order chi connectivity index (χ0) is 15.2. The summed E-state index contributed by atoms with van der Waals surface area (Å²) in [5.74, 6) is 1.09. The van der Waals surface area contributed by atoms with E-state index < -0.39 is 0 Å². The van der Waals surface area contributed by atoms with Crippen LogP contribution in [0.3, 0.4) is 0 Å². The molecular formula is C17H26N2O2. The summed E-state index contributed by atoms with van der Waals surface area (Å²) in [6.07, 6.45) is 3.23. The van der Waals surface area contributed by atoms with Gasteiger partial charge in [0.15, 0.2) is 0 Å². The number of rotatable bonds is 5. The lowest BCUT2D eigenvalue weighted by molar-refractivity contribution is -0.129. The molecule has 1 aromatic rings. The summed E-state index contributed by atoms with van der Waals surface area (Å²) in [5, 5.41) is 3.55. The predicted molar refractivity (Wildman–Crippen MR) is 85.7 cm³/mol. The van der Waals surface area contributed by atoms with Gasteiger partial charge in [-0.2, -0.15) is 0 Å². The Labute approximate surface area is 127 Å². The maximum atomic E-state index is 11.3. The number of piperidine rings is 1. The van der Waals surface area contributed by atoms with Gasteiger partial charge in [0.05, 0.1) is 6.10 Å². The minimum absolute atomic E-state index is 0.178. The summed E-state index contributed by atoms with van der Waals surface area (Å²) < 4.78 is 5.85. The van der Waals surface area contributed by atoms with Crippen molar-refractivity contribution in [2.45, 2.75) is 52.2 Å². The van der Waals surface area contributed by atoms with E-state index in [1.54, 1.807) is 6.92 Å². The Morgan fingerprint density at radius 1 is 1.43 bits per heavy atom. The maximum absolute atomic E-state index is 11.3. The van der Waals surface area contributed by atoms with Crippen molar-refractivity contribution >= 4 is 11.6 Å². The Balaban J connectivity index is 1.89. The number of benzene rings is 1. The number of nitrogens with zero attached hydrogens (tertiary/aromatic N) is 1. The molecule has 0 bridgehead atoms. The Bertz CT molecular complexity index is 468. The van der Waals surface area contributed by atoms with E-state index in [1.165, 1.54) is 0 Å². The highest BCUT2D eigenvalue weighted by Crippen LogP contribution is 2.22. The molecule has 0 radical (unpaired) electrons. The molecule has 116 valence electrons. The summed E-state index contributed by atoms with van der Waals surface area (Å²) in [6.45, 7) is 7.53. The number of carbonyl (C=O) groups excluding carboxylic acids is 1. The van der Waals surface area contributed by atoms with Crippen molar-refractivity contribution < 1.29 is 9.53 Å². The topological polar surface area (TPSA) is 41.6 Å². The number of anilines is 1. The van der Waals surface area contributed by atoms with Crippen molar-refractivity contribution in [2.75, 3.05) is 18.4 Å². The smallest absolute Gasteiger partial charge is 0.219 e. The lowest BCUT2D eigenvalue weighted by Crippen LogP contribution is -2.41. The molecule has 1 atom stereocenters. The third kappa shape index (κ3) is 4.66. The molecule has 1 N–H and O–H groups in total. The molecule has 0 spiro atoms. The molecule has 1 saturated heterocycles. The third-order valence-electron chi connectivity index (χ3n) is 4.06. The molecule has 1 aromatic carbocycles. The summed E-state index contributed by atoms with van der Waals surface area (Å²) in [6, 6.07) is 8.57. The summed E-state index contributed by atoms with van der Waals surface area (Å²) in [7, 11) is 0. The minimum atomic E-state index is 0.178. The Morgan fingerprint density at radius 2 is 2.14 bits per heavy atom. The van der Waals surface area contributed by atoms with Gasteiger partial charge in [0, 0.05) is 37.8 Å². The number of ether oxygens (including phenoxy) is 1. The first-order valence-electron chi connectivity index (χ1n) is 7.87. The molecule has 1 amide bonds. The fourth-order valence-electron chi connectivity index (χ4n) is 2.55. The summed E-state index contributed by atoms with van der Waals surface area (Å²) in [5.41, 5.74) is 1.09. The second-order valence-corrected chi connectivity index (χ2v) is 5.79. The molecule has 4 heteroatoms. The van der Waals surface area contributed by atoms with Gasteiger partial charge in [-0.05, 0) is 38.3 Å². The van der Waals surface area contributed by atoms with E-state index in [1.807, 2.05) is 17.0 Å². The largest absolute Gasteiger partial charge is 0.491 e. The van der Waals surface area contributed by atoms with E-state index in [-0.39, 0.29) is 12.0 Å². The quantitative estimate of drug-likeness (QED) is 0.904. The minimum Gasteiger partial charge on any atom is -0.491 e. The molecule has 0 saturated carbocycles. The highest BCUT2D eigenvalue weighted by Gasteiger charge is 2.20. The van der Waals surface area contributed by atoms with Crippen molar-refractivity contribution in [1.29, 1.82) is 0 Å². The zero-order valence-corrected chi connectivity index (χ0v) is 13.3. The van der Waals surface area contributed by atoms with Gasteiger partial charge in [0.1, 0.15) is 5.75 Å². The molecule has 2 rings (SSSR count). The average molecular weight is 290 g/mol.